The highest BCUT2D eigenvalue weighted by atomic mass is 79.9. The zero-order valence-electron chi connectivity index (χ0n) is 10.8. The van der Waals surface area contributed by atoms with Crippen LogP contribution in [0, 0.1) is 0 Å². The molecule has 0 N–H and O–H groups in total. The second kappa shape index (κ2) is 4.88. The number of aromatic nitrogens is 1. The summed E-state index contributed by atoms with van der Waals surface area (Å²) in [4.78, 5) is 17.8. The second-order valence-electron chi connectivity index (χ2n) is 5.48. The summed E-state index contributed by atoms with van der Waals surface area (Å²) in [5.74, 6) is 0.325. The molecule has 2 heterocycles. The minimum Gasteiger partial charge on any atom is -0.444 e. The van der Waals surface area contributed by atoms with Crippen LogP contribution in [0.4, 0.5) is 4.79 Å². The maximum Gasteiger partial charge on any atom is 0.410 e. The van der Waals surface area contributed by atoms with Gasteiger partial charge in [-0.3, -0.25) is 4.98 Å². The Bertz CT molecular complexity index is 433. The van der Waals surface area contributed by atoms with Crippen LogP contribution in [0.3, 0.4) is 0 Å². The molecule has 1 aliphatic rings. The van der Waals surface area contributed by atoms with Crippen molar-refractivity contribution in [2.24, 2.45) is 0 Å². The van der Waals surface area contributed by atoms with Gasteiger partial charge in [0.2, 0.25) is 0 Å². The van der Waals surface area contributed by atoms with Gasteiger partial charge < -0.3 is 9.64 Å². The van der Waals surface area contributed by atoms with Crippen LogP contribution >= 0.6 is 15.9 Å². The molecule has 0 radical (unpaired) electrons. The third kappa shape index (κ3) is 3.22. The predicted molar refractivity (Wildman–Crippen MR) is 72.5 cm³/mol. The Morgan fingerprint density at radius 2 is 2.11 bits per heavy atom. The van der Waals surface area contributed by atoms with E-state index in [-0.39, 0.29) is 6.09 Å². The Kier molecular flexibility index (Phi) is 3.61. The Labute approximate surface area is 115 Å². The lowest BCUT2D eigenvalue weighted by molar-refractivity contribution is 0.00787. The zero-order valence-corrected chi connectivity index (χ0v) is 12.4. The molecule has 18 heavy (non-hydrogen) atoms. The molecule has 0 unspecified atom stereocenters. The van der Waals surface area contributed by atoms with Crippen LogP contribution in [0.5, 0.6) is 0 Å². The van der Waals surface area contributed by atoms with E-state index in [1.807, 2.05) is 32.9 Å². The third-order valence-electron chi connectivity index (χ3n) is 2.70. The van der Waals surface area contributed by atoms with Gasteiger partial charge in [0.25, 0.3) is 0 Å². The molecule has 1 amide bonds. The molecule has 4 nitrogen and oxygen atoms in total. The maximum atomic E-state index is 11.7. The molecule has 98 valence electrons. The van der Waals surface area contributed by atoms with Crippen molar-refractivity contribution in [1.82, 2.24) is 9.88 Å². The fraction of sp³-hybridized carbons (Fsp3) is 0.538. The van der Waals surface area contributed by atoms with Gasteiger partial charge in [0.05, 0.1) is 0 Å². The molecule has 5 heteroatoms. The molecule has 0 atom stereocenters. The van der Waals surface area contributed by atoms with Crippen LogP contribution in [-0.2, 0) is 4.74 Å². The normalized spacial score (nSPS) is 16.3. The van der Waals surface area contributed by atoms with Crippen LogP contribution < -0.4 is 0 Å². The van der Waals surface area contributed by atoms with E-state index in [0.29, 0.717) is 19.0 Å². The van der Waals surface area contributed by atoms with E-state index in [1.165, 1.54) is 0 Å². The van der Waals surface area contributed by atoms with Gasteiger partial charge in [-0.15, -0.1) is 0 Å². The Morgan fingerprint density at radius 3 is 2.61 bits per heavy atom. The molecule has 0 aromatic carbocycles. The van der Waals surface area contributed by atoms with Gasteiger partial charge in [-0.25, -0.2) is 4.79 Å². The average molecular weight is 313 g/mol. The van der Waals surface area contributed by atoms with Crippen LogP contribution in [0.15, 0.2) is 22.8 Å². The van der Waals surface area contributed by atoms with E-state index in [1.54, 1.807) is 11.1 Å². The third-order valence-corrected chi connectivity index (χ3v) is 3.17. The molecule has 1 aromatic heterocycles. The molecular weight excluding hydrogens is 296 g/mol. The fourth-order valence-corrected chi connectivity index (χ4v) is 2.00. The first-order valence-electron chi connectivity index (χ1n) is 5.94. The first-order chi connectivity index (χ1) is 8.35. The van der Waals surface area contributed by atoms with E-state index in [0.717, 1.165) is 10.2 Å². The van der Waals surface area contributed by atoms with E-state index >= 15 is 0 Å². The molecule has 1 aliphatic heterocycles. The van der Waals surface area contributed by atoms with Crippen LogP contribution in [0.25, 0.3) is 0 Å². The Balaban J connectivity index is 1.87. The maximum absolute atomic E-state index is 11.7. The predicted octanol–water partition coefficient (Wildman–Crippen LogP) is 3.18. The van der Waals surface area contributed by atoms with Crippen LogP contribution in [0.2, 0.25) is 0 Å². The molecule has 1 aromatic rings. The number of nitrogens with zero attached hydrogens (tertiary/aromatic N) is 2. The smallest absolute Gasteiger partial charge is 0.410 e. The van der Waals surface area contributed by atoms with Gasteiger partial charge in [-0.1, -0.05) is 0 Å². The highest BCUT2D eigenvalue weighted by Crippen LogP contribution is 2.27. The first-order valence-corrected chi connectivity index (χ1v) is 6.74. The van der Waals surface area contributed by atoms with E-state index in [2.05, 4.69) is 20.9 Å². The summed E-state index contributed by atoms with van der Waals surface area (Å²) in [7, 11) is 0. The molecule has 2 rings (SSSR count). The summed E-state index contributed by atoms with van der Waals surface area (Å²) in [6.45, 7) is 6.99. The standard InChI is InChI=1S/C13H17BrN2O2/c1-13(2,3)18-12(17)16-7-9(8-16)11-5-4-10(14)6-15-11/h4-6,9H,7-8H2,1-3H3. The lowest BCUT2D eigenvalue weighted by atomic mass is 9.96. The SMILES string of the molecule is CC(C)(C)OC(=O)N1CC(c2ccc(Br)cn2)C1. The average Bonchev–Trinajstić information content (AvgIpc) is 2.15. The van der Waals surface area contributed by atoms with Crippen LogP contribution in [-0.4, -0.2) is 34.7 Å². The summed E-state index contributed by atoms with van der Waals surface area (Å²) in [5.41, 5.74) is 0.593. The second-order valence-corrected chi connectivity index (χ2v) is 6.40. The van der Waals surface area contributed by atoms with E-state index < -0.39 is 5.60 Å². The van der Waals surface area contributed by atoms with E-state index in [4.69, 9.17) is 4.74 Å². The summed E-state index contributed by atoms with van der Waals surface area (Å²) < 4.78 is 6.27. The fourth-order valence-electron chi connectivity index (χ4n) is 1.77. The lowest BCUT2D eigenvalue weighted by Gasteiger charge is -2.39. The lowest BCUT2D eigenvalue weighted by Crippen LogP contribution is -2.50. The first kappa shape index (κ1) is 13.3. The molecular formula is C13H17BrN2O2. The van der Waals surface area contributed by atoms with Gasteiger partial charge >= 0.3 is 6.09 Å². The summed E-state index contributed by atoms with van der Waals surface area (Å²) >= 11 is 3.36. The monoisotopic (exact) mass is 312 g/mol. The number of likely N-dealkylation sites (tertiary alicyclic amines) is 1. The van der Waals surface area contributed by atoms with Gasteiger partial charge in [-0.2, -0.15) is 0 Å². The van der Waals surface area contributed by atoms with Gasteiger partial charge in [0.15, 0.2) is 0 Å². The van der Waals surface area contributed by atoms with Crippen molar-refractivity contribution >= 4 is 22.0 Å². The highest BCUT2D eigenvalue weighted by molar-refractivity contribution is 9.10. The number of ether oxygens (including phenoxy) is 1. The largest absolute Gasteiger partial charge is 0.444 e. The van der Waals surface area contributed by atoms with Crippen molar-refractivity contribution in [3.63, 3.8) is 0 Å². The molecule has 0 aliphatic carbocycles. The van der Waals surface area contributed by atoms with Crippen molar-refractivity contribution in [2.45, 2.75) is 32.3 Å². The quantitative estimate of drug-likeness (QED) is 0.800. The van der Waals surface area contributed by atoms with Crippen molar-refractivity contribution in [2.75, 3.05) is 13.1 Å². The van der Waals surface area contributed by atoms with Crippen molar-refractivity contribution < 1.29 is 9.53 Å². The number of hydrogen-bond acceptors (Lipinski definition) is 3. The molecule has 1 fully saturated rings. The molecule has 0 spiro atoms. The molecule has 1 saturated heterocycles. The van der Waals surface area contributed by atoms with Crippen molar-refractivity contribution in [3.8, 4) is 0 Å². The summed E-state index contributed by atoms with van der Waals surface area (Å²) in [5, 5.41) is 0. The minimum atomic E-state index is -0.433. The van der Waals surface area contributed by atoms with Gasteiger partial charge in [0, 0.05) is 35.4 Å². The van der Waals surface area contributed by atoms with Gasteiger partial charge in [-0.05, 0) is 48.8 Å². The number of pyridine rings is 1. The number of carbonyl (C=O) groups is 1. The molecule has 0 bridgehead atoms. The number of halogens is 1. The summed E-state index contributed by atoms with van der Waals surface area (Å²) in [6, 6.07) is 3.96. The number of hydrogen-bond donors (Lipinski definition) is 0. The minimum absolute atomic E-state index is 0.240. The number of carbonyl (C=O) groups excluding carboxylic acids is 1. The topological polar surface area (TPSA) is 42.4 Å². The Hall–Kier alpha value is -1.10. The van der Waals surface area contributed by atoms with Crippen molar-refractivity contribution in [1.29, 1.82) is 0 Å². The zero-order chi connectivity index (χ0) is 13.3. The Morgan fingerprint density at radius 1 is 1.44 bits per heavy atom. The van der Waals surface area contributed by atoms with E-state index in [9.17, 15) is 4.79 Å². The van der Waals surface area contributed by atoms with Gasteiger partial charge in [0.1, 0.15) is 5.60 Å². The highest BCUT2D eigenvalue weighted by Gasteiger charge is 2.35. The summed E-state index contributed by atoms with van der Waals surface area (Å²) in [6.07, 6.45) is 1.54. The molecule has 0 saturated carbocycles. The van der Waals surface area contributed by atoms with Crippen LogP contribution in [0.1, 0.15) is 32.4 Å². The number of rotatable bonds is 1. The number of amides is 1. The van der Waals surface area contributed by atoms with Crippen molar-refractivity contribution in [3.05, 3.63) is 28.5 Å².